The van der Waals surface area contributed by atoms with Crippen molar-refractivity contribution in [3.8, 4) is 0 Å². The number of aryl methyl sites for hydroxylation is 1. The third kappa shape index (κ3) is 4.46. The summed E-state index contributed by atoms with van der Waals surface area (Å²) in [5.74, 6) is 0.966. The van der Waals surface area contributed by atoms with Gasteiger partial charge in [-0.05, 0) is 25.5 Å². The van der Waals surface area contributed by atoms with E-state index >= 15 is 0 Å². The van der Waals surface area contributed by atoms with Crippen molar-refractivity contribution in [2.75, 3.05) is 13.2 Å². The van der Waals surface area contributed by atoms with Gasteiger partial charge in [0.1, 0.15) is 5.76 Å². The third-order valence-electron chi connectivity index (χ3n) is 2.36. The van der Waals surface area contributed by atoms with E-state index in [0.29, 0.717) is 0 Å². The molecule has 4 heteroatoms. The van der Waals surface area contributed by atoms with Gasteiger partial charge < -0.3 is 19.9 Å². The standard InChI is InChI=1S/C11H19NO3/c1-9(12-10(7-13)8-14)4-5-11-3-2-6-15-11/h2-3,6,9-10,12-14H,4-5,7-8H2,1H3. The Labute approximate surface area is 89.9 Å². The first kappa shape index (κ1) is 12.2. The van der Waals surface area contributed by atoms with E-state index in [4.69, 9.17) is 14.6 Å². The van der Waals surface area contributed by atoms with E-state index in [1.807, 2.05) is 19.1 Å². The number of furan rings is 1. The van der Waals surface area contributed by atoms with Crippen LogP contribution in [0.3, 0.4) is 0 Å². The Balaban J connectivity index is 2.21. The lowest BCUT2D eigenvalue weighted by Crippen LogP contribution is -2.41. The quantitative estimate of drug-likeness (QED) is 0.618. The van der Waals surface area contributed by atoms with Crippen LogP contribution in [0.25, 0.3) is 0 Å². The lowest BCUT2D eigenvalue weighted by molar-refractivity contribution is 0.162. The fourth-order valence-corrected chi connectivity index (χ4v) is 1.46. The molecular weight excluding hydrogens is 194 g/mol. The monoisotopic (exact) mass is 213 g/mol. The van der Waals surface area contributed by atoms with Gasteiger partial charge in [-0.2, -0.15) is 0 Å². The van der Waals surface area contributed by atoms with Crippen LogP contribution in [0.1, 0.15) is 19.1 Å². The van der Waals surface area contributed by atoms with Crippen LogP contribution < -0.4 is 5.32 Å². The molecule has 0 saturated heterocycles. The van der Waals surface area contributed by atoms with Gasteiger partial charge in [0, 0.05) is 12.5 Å². The van der Waals surface area contributed by atoms with E-state index < -0.39 is 0 Å². The lowest BCUT2D eigenvalue weighted by atomic mass is 10.1. The Hall–Kier alpha value is -0.840. The van der Waals surface area contributed by atoms with Gasteiger partial charge in [-0.15, -0.1) is 0 Å². The number of aliphatic hydroxyl groups excluding tert-OH is 2. The molecule has 86 valence electrons. The zero-order valence-electron chi connectivity index (χ0n) is 9.02. The SMILES string of the molecule is CC(CCc1ccco1)NC(CO)CO. The first-order chi connectivity index (χ1) is 7.26. The van der Waals surface area contributed by atoms with E-state index in [1.54, 1.807) is 6.26 Å². The van der Waals surface area contributed by atoms with Crippen molar-refractivity contribution in [3.63, 3.8) is 0 Å². The van der Waals surface area contributed by atoms with Crippen molar-refractivity contribution in [1.82, 2.24) is 5.32 Å². The summed E-state index contributed by atoms with van der Waals surface area (Å²) in [5, 5.41) is 20.9. The van der Waals surface area contributed by atoms with Crippen LogP contribution in [0.15, 0.2) is 22.8 Å². The van der Waals surface area contributed by atoms with E-state index in [-0.39, 0.29) is 25.3 Å². The van der Waals surface area contributed by atoms with Crippen LogP contribution in [0.4, 0.5) is 0 Å². The second-order valence-corrected chi connectivity index (χ2v) is 3.75. The molecule has 0 amide bonds. The molecule has 3 N–H and O–H groups in total. The normalized spacial score (nSPS) is 13.3. The van der Waals surface area contributed by atoms with Crippen LogP contribution in [0, 0.1) is 0 Å². The van der Waals surface area contributed by atoms with Gasteiger partial charge in [0.2, 0.25) is 0 Å². The zero-order chi connectivity index (χ0) is 11.1. The molecule has 1 aromatic rings. The Morgan fingerprint density at radius 2 is 2.13 bits per heavy atom. The van der Waals surface area contributed by atoms with Gasteiger partial charge in [-0.1, -0.05) is 0 Å². The van der Waals surface area contributed by atoms with Crippen LogP contribution in [-0.4, -0.2) is 35.5 Å². The third-order valence-corrected chi connectivity index (χ3v) is 2.36. The average Bonchev–Trinajstić information content (AvgIpc) is 2.75. The van der Waals surface area contributed by atoms with Gasteiger partial charge in [0.25, 0.3) is 0 Å². The number of hydrogen-bond acceptors (Lipinski definition) is 4. The first-order valence-corrected chi connectivity index (χ1v) is 5.26. The molecule has 15 heavy (non-hydrogen) atoms. The lowest BCUT2D eigenvalue weighted by Gasteiger charge is -2.19. The maximum Gasteiger partial charge on any atom is 0.103 e. The molecule has 1 atom stereocenters. The van der Waals surface area contributed by atoms with Crippen molar-refractivity contribution < 1.29 is 14.6 Å². The van der Waals surface area contributed by atoms with E-state index in [1.165, 1.54) is 0 Å². The molecule has 0 aromatic carbocycles. The largest absolute Gasteiger partial charge is 0.469 e. The molecule has 0 fully saturated rings. The molecule has 0 bridgehead atoms. The summed E-state index contributed by atoms with van der Waals surface area (Å²) >= 11 is 0. The summed E-state index contributed by atoms with van der Waals surface area (Å²) in [6.45, 7) is 1.95. The van der Waals surface area contributed by atoms with Crippen molar-refractivity contribution in [2.24, 2.45) is 0 Å². The van der Waals surface area contributed by atoms with Crippen molar-refractivity contribution in [1.29, 1.82) is 0 Å². The van der Waals surface area contributed by atoms with Gasteiger partial charge in [0.05, 0.1) is 25.5 Å². The van der Waals surface area contributed by atoms with E-state index in [0.717, 1.165) is 18.6 Å². The molecule has 0 aliphatic heterocycles. The highest BCUT2D eigenvalue weighted by atomic mass is 16.3. The molecule has 1 aromatic heterocycles. The predicted molar refractivity (Wildman–Crippen MR) is 57.6 cm³/mol. The Kier molecular flexibility index (Phi) is 5.39. The number of rotatable bonds is 7. The molecule has 1 rings (SSSR count). The molecule has 0 radical (unpaired) electrons. The summed E-state index contributed by atoms with van der Waals surface area (Å²) in [6, 6.07) is 3.84. The van der Waals surface area contributed by atoms with Crippen molar-refractivity contribution in [3.05, 3.63) is 24.2 Å². The number of nitrogens with one attached hydrogen (secondary N) is 1. The molecule has 0 spiro atoms. The minimum Gasteiger partial charge on any atom is -0.469 e. The van der Waals surface area contributed by atoms with E-state index in [2.05, 4.69) is 5.32 Å². The van der Waals surface area contributed by atoms with Crippen LogP contribution >= 0.6 is 0 Å². The minimum absolute atomic E-state index is 0.0401. The Bertz CT molecular complexity index is 244. The summed E-state index contributed by atoms with van der Waals surface area (Å²) < 4.78 is 5.21. The number of hydrogen-bond donors (Lipinski definition) is 3. The highest BCUT2D eigenvalue weighted by molar-refractivity contribution is 4.98. The maximum atomic E-state index is 8.89. The number of aliphatic hydroxyl groups is 2. The smallest absolute Gasteiger partial charge is 0.103 e. The van der Waals surface area contributed by atoms with Gasteiger partial charge in [-0.3, -0.25) is 0 Å². The highest BCUT2D eigenvalue weighted by Gasteiger charge is 2.10. The van der Waals surface area contributed by atoms with Gasteiger partial charge in [0.15, 0.2) is 0 Å². The van der Waals surface area contributed by atoms with Crippen molar-refractivity contribution in [2.45, 2.75) is 31.8 Å². The molecule has 1 unspecified atom stereocenters. The topological polar surface area (TPSA) is 65.6 Å². The Morgan fingerprint density at radius 3 is 2.67 bits per heavy atom. The molecule has 0 aliphatic carbocycles. The second-order valence-electron chi connectivity index (χ2n) is 3.75. The van der Waals surface area contributed by atoms with Crippen LogP contribution in [-0.2, 0) is 6.42 Å². The maximum absolute atomic E-state index is 8.89. The first-order valence-electron chi connectivity index (χ1n) is 5.26. The molecule has 4 nitrogen and oxygen atoms in total. The van der Waals surface area contributed by atoms with Crippen LogP contribution in [0.5, 0.6) is 0 Å². The van der Waals surface area contributed by atoms with E-state index in [9.17, 15) is 0 Å². The Morgan fingerprint density at radius 1 is 1.40 bits per heavy atom. The van der Waals surface area contributed by atoms with Gasteiger partial charge >= 0.3 is 0 Å². The average molecular weight is 213 g/mol. The molecular formula is C11H19NO3. The molecule has 1 heterocycles. The molecule has 0 aliphatic rings. The predicted octanol–water partition coefficient (Wildman–Crippen LogP) is 0.543. The summed E-state index contributed by atoms with van der Waals surface area (Å²) in [4.78, 5) is 0. The fraction of sp³-hybridized carbons (Fsp3) is 0.636. The highest BCUT2D eigenvalue weighted by Crippen LogP contribution is 2.06. The summed E-state index contributed by atoms with van der Waals surface area (Å²) in [6.07, 6.45) is 3.45. The van der Waals surface area contributed by atoms with Crippen molar-refractivity contribution >= 4 is 0 Å². The second kappa shape index (κ2) is 6.61. The minimum atomic E-state index is -0.225. The van der Waals surface area contributed by atoms with Crippen LogP contribution in [0.2, 0.25) is 0 Å². The summed E-state index contributed by atoms with van der Waals surface area (Å²) in [5.41, 5.74) is 0. The zero-order valence-corrected chi connectivity index (χ0v) is 9.02. The summed E-state index contributed by atoms with van der Waals surface area (Å²) in [7, 11) is 0. The molecule has 0 saturated carbocycles. The van der Waals surface area contributed by atoms with Gasteiger partial charge in [-0.25, -0.2) is 0 Å². The fourth-order valence-electron chi connectivity index (χ4n) is 1.46.